The van der Waals surface area contributed by atoms with Crippen molar-refractivity contribution in [3.63, 3.8) is 0 Å². The quantitative estimate of drug-likeness (QED) is 0.800. The molecule has 0 saturated heterocycles. The lowest BCUT2D eigenvalue weighted by atomic mass is 10.3. The van der Waals surface area contributed by atoms with Crippen molar-refractivity contribution in [2.75, 3.05) is 7.05 Å². The Hall–Kier alpha value is -1.22. The number of nitrogens with zero attached hydrogens (tertiary/aromatic N) is 2. The molecule has 6 nitrogen and oxygen atoms in total. The van der Waals surface area contributed by atoms with Crippen LogP contribution in [0.4, 0.5) is 0 Å². The largest absolute Gasteiger partial charge is 0.336 e. The van der Waals surface area contributed by atoms with E-state index in [1.54, 1.807) is 24.8 Å². The van der Waals surface area contributed by atoms with Crippen molar-refractivity contribution in [3.05, 3.63) is 35.7 Å². The maximum absolute atomic E-state index is 12.2. The molecule has 0 radical (unpaired) electrons. The van der Waals surface area contributed by atoms with Gasteiger partial charge in [0.25, 0.3) is 0 Å². The fourth-order valence-electron chi connectivity index (χ4n) is 1.86. The van der Waals surface area contributed by atoms with Crippen LogP contribution in [0.15, 0.2) is 34.4 Å². The van der Waals surface area contributed by atoms with E-state index in [4.69, 9.17) is 0 Å². The monoisotopic (exact) mass is 314 g/mol. The van der Waals surface area contributed by atoms with E-state index >= 15 is 0 Å². The Morgan fingerprint density at radius 3 is 2.95 bits per heavy atom. The second-order valence-electron chi connectivity index (χ2n) is 4.59. The van der Waals surface area contributed by atoms with Gasteiger partial charge in [0.15, 0.2) is 0 Å². The van der Waals surface area contributed by atoms with Crippen LogP contribution in [0, 0.1) is 0 Å². The van der Waals surface area contributed by atoms with Crippen LogP contribution < -0.4 is 10.0 Å². The highest BCUT2D eigenvalue weighted by Crippen LogP contribution is 2.20. The molecule has 0 bridgehead atoms. The topological polar surface area (TPSA) is 76.0 Å². The average molecular weight is 314 g/mol. The average Bonchev–Trinajstić information content (AvgIpc) is 3.00. The van der Waals surface area contributed by atoms with E-state index in [-0.39, 0.29) is 6.04 Å². The Labute approximate surface area is 122 Å². The van der Waals surface area contributed by atoms with Crippen molar-refractivity contribution in [3.8, 4) is 0 Å². The van der Waals surface area contributed by atoms with E-state index in [1.807, 2.05) is 23.9 Å². The molecular formula is C12H18N4O2S2. The standard InChI is InChI=1S/C12H18N4O2S2/c1-10(7-16-4-3-14-9-16)15-20(17,18)12-5-11(6-13-2)8-19-12/h3-5,8-10,13,15H,6-7H2,1-2H3. The number of thiophene rings is 1. The van der Waals surface area contributed by atoms with E-state index in [1.165, 1.54) is 11.3 Å². The second-order valence-corrected chi connectivity index (χ2v) is 7.44. The van der Waals surface area contributed by atoms with Gasteiger partial charge in [0.05, 0.1) is 6.33 Å². The molecule has 2 aromatic heterocycles. The first kappa shape index (κ1) is 15.2. The highest BCUT2D eigenvalue weighted by Gasteiger charge is 2.19. The van der Waals surface area contributed by atoms with Crippen LogP contribution in [-0.2, 0) is 23.1 Å². The van der Waals surface area contributed by atoms with Crippen molar-refractivity contribution in [1.82, 2.24) is 19.6 Å². The molecule has 0 spiro atoms. The molecule has 2 aromatic rings. The zero-order valence-corrected chi connectivity index (χ0v) is 13.0. The molecule has 2 rings (SSSR count). The van der Waals surface area contributed by atoms with Gasteiger partial charge in [-0.2, -0.15) is 0 Å². The first-order chi connectivity index (χ1) is 9.51. The number of nitrogens with one attached hydrogen (secondary N) is 2. The maximum Gasteiger partial charge on any atom is 0.250 e. The van der Waals surface area contributed by atoms with Gasteiger partial charge in [-0.1, -0.05) is 0 Å². The molecule has 2 heterocycles. The highest BCUT2D eigenvalue weighted by molar-refractivity contribution is 7.91. The summed E-state index contributed by atoms with van der Waals surface area (Å²) < 4.78 is 29.4. The van der Waals surface area contributed by atoms with Crippen LogP contribution in [-0.4, -0.2) is 31.1 Å². The summed E-state index contributed by atoms with van der Waals surface area (Å²) in [5.41, 5.74) is 0.972. The molecular weight excluding hydrogens is 296 g/mol. The molecule has 0 aliphatic heterocycles. The number of imidazole rings is 1. The number of rotatable bonds is 7. The van der Waals surface area contributed by atoms with Crippen molar-refractivity contribution < 1.29 is 8.42 Å². The van der Waals surface area contributed by atoms with E-state index in [0.717, 1.165) is 5.56 Å². The van der Waals surface area contributed by atoms with Gasteiger partial charge in [-0.15, -0.1) is 11.3 Å². The second kappa shape index (κ2) is 6.49. The third-order valence-corrected chi connectivity index (χ3v) is 5.75. The number of aromatic nitrogens is 2. The van der Waals surface area contributed by atoms with Crippen LogP contribution in [0.2, 0.25) is 0 Å². The summed E-state index contributed by atoms with van der Waals surface area (Å²) in [6.45, 7) is 3.05. The van der Waals surface area contributed by atoms with Crippen molar-refractivity contribution in [2.24, 2.45) is 0 Å². The zero-order chi connectivity index (χ0) is 14.6. The van der Waals surface area contributed by atoms with E-state index in [0.29, 0.717) is 17.3 Å². The van der Waals surface area contributed by atoms with Crippen LogP contribution in [0.3, 0.4) is 0 Å². The SMILES string of the molecule is CNCc1csc(S(=O)(=O)NC(C)Cn2ccnc2)c1. The molecule has 8 heteroatoms. The minimum absolute atomic E-state index is 0.205. The summed E-state index contributed by atoms with van der Waals surface area (Å²) in [5.74, 6) is 0. The lowest BCUT2D eigenvalue weighted by Crippen LogP contribution is -2.35. The molecule has 110 valence electrons. The zero-order valence-electron chi connectivity index (χ0n) is 11.4. The van der Waals surface area contributed by atoms with Gasteiger partial charge < -0.3 is 9.88 Å². The predicted molar refractivity (Wildman–Crippen MR) is 79.1 cm³/mol. The van der Waals surface area contributed by atoms with Gasteiger partial charge in [0.2, 0.25) is 10.0 Å². The van der Waals surface area contributed by atoms with Crippen LogP contribution >= 0.6 is 11.3 Å². The number of hydrogen-bond donors (Lipinski definition) is 2. The Bertz CT molecular complexity index is 634. The van der Waals surface area contributed by atoms with Gasteiger partial charge in [-0.3, -0.25) is 0 Å². The lowest BCUT2D eigenvalue weighted by Gasteiger charge is -2.13. The maximum atomic E-state index is 12.2. The predicted octanol–water partition coefficient (Wildman–Crippen LogP) is 1.03. The fourth-order valence-corrected chi connectivity index (χ4v) is 4.32. The molecule has 0 aromatic carbocycles. The molecule has 0 saturated carbocycles. The summed E-state index contributed by atoms with van der Waals surface area (Å²) in [5, 5.41) is 4.85. The smallest absolute Gasteiger partial charge is 0.250 e. The molecule has 0 aliphatic rings. The Kier molecular flexibility index (Phi) is 4.92. The van der Waals surface area contributed by atoms with Crippen LogP contribution in [0.25, 0.3) is 0 Å². The minimum atomic E-state index is -3.45. The third-order valence-electron chi connectivity index (χ3n) is 2.68. The summed E-state index contributed by atoms with van der Waals surface area (Å²) in [4.78, 5) is 3.93. The lowest BCUT2D eigenvalue weighted by molar-refractivity contribution is 0.521. The molecule has 0 aliphatic carbocycles. The van der Waals surface area contributed by atoms with Gasteiger partial charge >= 0.3 is 0 Å². The van der Waals surface area contributed by atoms with Crippen LogP contribution in [0.1, 0.15) is 12.5 Å². The summed E-state index contributed by atoms with van der Waals surface area (Å²) in [6.07, 6.45) is 5.15. The molecule has 20 heavy (non-hydrogen) atoms. The van der Waals surface area contributed by atoms with Gasteiger partial charge in [-0.05, 0) is 31.0 Å². The third kappa shape index (κ3) is 3.89. The van der Waals surface area contributed by atoms with E-state index < -0.39 is 10.0 Å². The van der Waals surface area contributed by atoms with Gasteiger partial charge in [-0.25, -0.2) is 18.1 Å². The van der Waals surface area contributed by atoms with E-state index in [9.17, 15) is 8.42 Å². The van der Waals surface area contributed by atoms with Crippen LogP contribution in [0.5, 0.6) is 0 Å². The summed E-state index contributed by atoms with van der Waals surface area (Å²) in [7, 11) is -1.62. The highest BCUT2D eigenvalue weighted by atomic mass is 32.2. The number of sulfonamides is 1. The number of hydrogen-bond acceptors (Lipinski definition) is 5. The molecule has 1 atom stereocenters. The Morgan fingerprint density at radius 2 is 2.30 bits per heavy atom. The normalized spacial score (nSPS) is 13.5. The van der Waals surface area contributed by atoms with Gasteiger partial charge in [0, 0.05) is 31.5 Å². The Balaban J connectivity index is 2.02. The Morgan fingerprint density at radius 1 is 1.50 bits per heavy atom. The molecule has 2 N–H and O–H groups in total. The summed E-state index contributed by atoms with van der Waals surface area (Å²) in [6, 6.07) is 1.50. The van der Waals surface area contributed by atoms with Crippen molar-refractivity contribution in [2.45, 2.75) is 30.3 Å². The minimum Gasteiger partial charge on any atom is -0.336 e. The molecule has 0 fully saturated rings. The van der Waals surface area contributed by atoms with Crippen molar-refractivity contribution in [1.29, 1.82) is 0 Å². The van der Waals surface area contributed by atoms with E-state index in [2.05, 4.69) is 15.0 Å². The summed E-state index contributed by atoms with van der Waals surface area (Å²) >= 11 is 1.24. The van der Waals surface area contributed by atoms with Gasteiger partial charge in [0.1, 0.15) is 4.21 Å². The molecule has 0 amide bonds. The fraction of sp³-hybridized carbons (Fsp3) is 0.417. The first-order valence-corrected chi connectivity index (χ1v) is 8.57. The van der Waals surface area contributed by atoms with Crippen molar-refractivity contribution >= 4 is 21.4 Å². The molecule has 1 unspecified atom stereocenters. The first-order valence-electron chi connectivity index (χ1n) is 6.21.